The van der Waals surface area contributed by atoms with Gasteiger partial charge >= 0.3 is 5.97 Å². The first-order chi connectivity index (χ1) is 8.45. The summed E-state index contributed by atoms with van der Waals surface area (Å²) in [5, 5.41) is 17.8. The van der Waals surface area contributed by atoms with Gasteiger partial charge in [0.1, 0.15) is 12.7 Å². The van der Waals surface area contributed by atoms with Gasteiger partial charge in [-0.25, -0.2) is 4.79 Å². The summed E-state index contributed by atoms with van der Waals surface area (Å²) in [7, 11) is 3.59. The summed E-state index contributed by atoms with van der Waals surface area (Å²) in [4.78, 5) is 13.6. The Labute approximate surface area is 106 Å². The molecule has 4 N–H and O–H groups in total. The lowest BCUT2D eigenvalue weighted by Gasteiger charge is -2.17. The van der Waals surface area contributed by atoms with Crippen molar-refractivity contribution in [3.05, 3.63) is 23.8 Å². The van der Waals surface area contributed by atoms with Gasteiger partial charge < -0.3 is 25.6 Å². The number of anilines is 2. The molecule has 0 aliphatic rings. The maximum atomic E-state index is 11.8. The summed E-state index contributed by atoms with van der Waals surface area (Å²) < 4.78 is 4.90. The molecule has 0 aliphatic heterocycles. The zero-order valence-corrected chi connectivity index (χ0v) is 10.5. The summed E-state index contributed by atoms with van der Waals surface area (Å²) in [6.07, 6.45) is -1.07. The number of carbonyl (C=O) groups is 1. The zero-order chi connectivity index (χ0) is 13.7. The zero-order valence-electron chi connectivity index (χ0n) is 10.5. The van der Waals surface area contributed by atoms with Crippen molar-refractivity contribution < 1.29 is 19.7 Å². The summed E-state index contributed by atoms with van der Waals surface area (Å²) in [5.41, 5.74) is 7.08. The van der Waals surface area contributed by atoms with E-state index in [1.54, 1.807) is 31.1 Å². The van der Waals surface area contributed by atoms with Crippen LogP contribution in [0.2, 0.25) is 0 Å². The lowest BCUT2D eigenvalue weighted by Crippen LogP contribution is -2.23. The van der Waals surface area contributed by atoms with Crippen molar-refractivity contribution in [3.8, 4) is 0 Å². The fourth-order valence-corrected chi connectivity index (χ4v) is 1.41. The molecule has 6 heteroatoms. The first kappa shape index (κ1) is 14.3. The van der Waals surface area contributed by atoms with Gasteiger partial charge in [-0.2, -0.15) is 0 Å². The summed E-state index contributed by atoms with van der Waals surface area (Å²) in [5.74, 6) is -0.585. The predicted molar refractivity (Wildman–Crippen MR) is 68.6 cm³/mol. The van der Waals surface area contributed by atoms with E-state index in [2.05, 4.69) is 0 Å². The van der Waals surface area contributed by atoms with Crippen LogP contribution in [0.1, 0.15) is 10.4 Å². The molecule has 0 aromatic heterocycles. The van der Waals surface area contributed by atoms with Crippen molar-refractivity contribution in [3.63, 3.8) is 0 Å². The lowest BCUT2D eigenvalue weighted by atomic mass is 10.1. The molecule has 6 nitrogen and oxygen atoms in total. The van der Waals surface area contributed by atoms with Crippen LogP contribution < -0.4 is 10.6 Å². The Kier molecular flexibility index (Phi) is 4.94. The molecule has 18 heavy (non-hydrogen) atoms. The topological polar surface area (TPSA) is 96.0 Å². The van der Waals surface area contributed by atoms with Crippen LogP contribution in [0.3, 0.4) is 0 Å². The van der Waals surface area contributed by atoms with Crippen molar-refractivity contribution >= 4 is 17.3 Å². The van der Waals surface area contributed by atoms with Gasteiger partial charge in [-0.1, -0.05) is 0 Å². The molecular weight excluding hydrogens is 236 g/mol. The highest BCUT2D eigenvalue weighted by Gasteiger charge is 2.16. The normalized spacial score (nSPS) is 12.0. The number of rotatable bonds is 5. The second-order valence-corrected chi connectivity index (χ2v) is 4.11. The number of nitrogens with two attached hydrogens (primary N) is 1. The highest BCUT2D eigenvalue weighted by molar-refractivity contribution is 5.96. The Hall–Kier alpha value is -1.79. The third kappa shape index (κ3) is 3.61. The number of benzene rings is 1. The number of hydrogen-bond acceptors (Lipinski definition) is 6. The molecule has 1 aromatic rings. The van der Waals surface area contributed by atoms with Crippen LogP contribution in [-0.2, 0) is 4.74 Å². The molecule has 0 saturated heterocycles. The second kappa shape index (κ2) is 6.23. The van der Waals surface area contributed by atoms with Crippen LogP contribution >= 0.6 is 0 Å². The van der Waals surface area contributed by atoms with E-state index in [0.29, 0.717) is 16.9 Å². The van der Waals surface area contributed by atoms with Gasteiger partial charge in [-0.05, 0) is 18.2 Å². The molecule has 0 aliphatic carbocycles. The monoisotopic (exact) mass is 254 g/mol. The molecule has 1 unspecified atom stereocenters. The van der Waals surface area contributed by atoms with E-state index < -0.39 is 18.7 Å². The first-order valence-corrected chi connectivity index (χ1v) is 5.48. The molecule has 1 aromatic carbocycles. The minimum atomic E-state index is -1.07. The van der Waals surface area contributed by atoms with Gasteiger partial charge in [0.2, 0.25) is 0 Å². The van der Waals surface area contributed by atoms with E-state index in [4.69, 9.17) is 20.7 Å². The van der Waals surface area contributed by atoms with Gasteiger partial charge in [0.25, 0.3) is 0 Å². The second-order valence-electron chi connectivity index (χ2n) is 4.11. The quantitative estimate of drug-likeness (QED) is 0.499. The number of hydrogen-bond donors (Lipinski definition) is 3. The minimum absolute atomic E-state index is 0.253. The molecule has 1 atom stereocenters. The molecule has 0 fully saturated rings. The number of carbonyl (C=O) groups excluding carboxylic acids is 1. The van der Waals surface area contributed by atoms with E-state index in [9.17, 15) is 4.79 Å². The molecule has 0 amide bonds. The van der Waals surface area contributed by atoms with Crippen molar-refractivity contribution in [1.82, 2.24) is 0 Å². The molecule has 0 saturated carbocycles. The van der Waals surface area contributed by atoms with E-state index in [1.807, 2.05) is 0 Å². The molecule has 0 heterocycles. The number of esters is 1. The van der Waals surface area contributed by atoms with Gasteiger partial charge in [0, 0.05) is 19.8 Å². The average Bonchev–Trinajstić information content (AvgIpc) is 2.34. The van der Waals surface area contributed by atoms with E-state index in [-0.39, 0.29) is 6.61 Å². The molecular formula is C12H18N2O4. The highest BCUT2D eigenvalue weighted by Crippen LogP contribution is 2.22. The first-order valence-electron chi connectivity index (χ1n) is 5.48. The molecule has 0 bridgehead atoms. The number of nitrogen functional groups attached to an aromatic ring is 1. The fraction of sp³-hybridized carbons (Fsp3) is 0.417. The third-order valence-corrected chi connectivity index (χ3v) is 2.34. The van der Waals surface area contributed by atoms with Crippen molar-refractivity contribution in [2.24, 2.45) is 0 Å². The van der Waals surface area contributed by atoms with Gasteiger partial charge in [-0.15, -0.1) is 0 Å². The van der Waals surface area contributed by atoms with Crippen molar-refractivity contribution in [1.29, 1.82) is 0 Å². The molecule has 0 radical (unpaired) electrons. The molecule has 0 spiro atoms. The Morgan fingerprint density at radius 3 is 2.72 bits per heavy atom. The predicted octanol–water partition coefficient (Wildman–Crippen LogP) is -0.155. The maximum absolute atomic E-state index is 11.8. The standard InChI is InChI=1S/C12H18N2O4/c1-14(2)11-4-3-8(13)5-10(11)12(17)18-7-9(16)6-15/h3-5,9,15-16H,6-7,13H2,1-2H3. The van der Waals surface area contributed by atoms with Crippen LogP contribution in [0.25, 0.3) is 0 Å². The van der Waals surface area contributed by atoms with Gasteiger partial charge in [0.05, 0.1) is 17.9 Å². The molecule has 1 rings (SSSR count). The van der Waals surface area contributed by atoms with E-state index in [0.717, 1.165) is 0 Å². The SMILES string of the molecule is CN(C)c1ccc(N)cc1C(=O)OCC(O)CO. The number of nitrogens with zero attached hydrogens (tertiary/aromatic N) is 1. The van der Waals surface area contributed by atoms with E-state index in [1.165, 1.54) is 6.07 Å². The Balaban J connectivity index is 2.87. The number of aliphatic hydroxyl groups is 2. The molecule has 100 valence electrons. The summed E-state index contributed by atoms with van der Waals surface area (Å²) in [6, 6.07) is 4.92. The van der Waals surface area contributed by atoms with Crippen LogP contribution in [-0.4, -0.2) is 49.6 Å². The van der Waals surface area contributed by atoms with Crippen molar-refractivity contribution in [2.75, 3.05) is 37.9 Å². The van der Waals surface area contributed by atoms with Crippen LogP contribution in [0.15, 0.2) is 18.2 Å². The van der Waals surface area contributed by atoms with Crippen molar-refractivity contribution in [2.45, 2.75) is 6.10 Å². The largest absolute Gasteiger partial charge is 0.459 e. The fourth-order valence-electron chi connectivity index (χ4n) is 1.41. The maximum Gasteiger partial charge on any atom is 0.340 e. The van der Waals surface area contributed by atoms with E-state index >= 15 is 0 Å². The van der Waals surface area contributed by atoms with Gasteiger partial charge in [0.15, 0.2) is 0 Å². The third-order valence-electron chi connectivity index (χ3n) is 2.34. The Morgan fingerprint density at radius 1 is 1.50 bits per heavy atom. The number of aliphatic hydroxyl groups excluding tert-OH is 2. The lowest BCUT2D eigenvalue weighted by molar-refractivity contribution is 0.00939. The summed E-state index contributed by atoms with van der Waals surface area (Å²) >= 11 is 0. The van der Waals surface area contributed by atoms with Crippen LogP contribution in [0, 0.1) is 0 Å². The Morgan fingerprint density at radius 2 is 2.17 bits per heavy atom. The smallest absolute Gasteiger partial charge is 0.340 e. The van der Waals surface area contributed by atoms with Gasteiger partial charge in [-0.3, -0.25) is 0 Å². The Bertz CT molecular complexity index is 421. The minimum Gasteiger partial charge on any atom is -0.459 e. The average molecular weight is 254 g/mol. The summed E-state index contributed by atoms with van der Waals surface area (Å²) in [6.45, 7) is -0.707. The number of ether oxygens (including phenoxy) is 1. The van der Waals surface area contributed by atoms with Crippen LogP contribution in [0.4, 0.5) is 11.4 Å². The van der Waals surface area contributed by atoms with Crippen LogP contribution in [0.5, 0.6) is 0 Å². The highest BCUT2D eigenvalue weighted by atomic mass is 16.5.